The number of aromatic nitrogens is 6. The third-order valence-electron chi connectivity index (χ3n) is 7.11. The number of nitrogen functional groups attached to an aromatic ring is 2. The summed E-state index contributed by atoms with van der Waals surface area (Å²) in [4.78, 5) is 0. The second kappa shape index (κ2) is 13.0. The van der Waals surface area contributed by atoms with Gasteiger partial charge in [-0.3, -0.25) is 9.13 Å². The van der Waals surface area contributed by atoms with Gasteiger partial charge in [0.2, 0.25) is 11.9 Å². The van der Waals surface area contributed by atoms with Crippen molar-refractivity contribution < 1.29 is 28.4 Å². The molecule has 2 fully saturated rings. The van der Waals surface area contributed by atoms with Crippen LogP contribution in [0, 0.1) is 0 Å². The van der Waals surface area contributed by atoms with E-state index in [0.717, 1.165) is 38.9 Å². The normalized spacial score (nSPS) is 17.9. The topological polar surface area (TPSA) is 169 Å². The fraction of sp³-hybridized carbons (Fsp3) is 0.429. The number of hydrogen-bond acceptors (Lipinski definition) is 12. The van der Waals surface area contributed by atoms with Gasteiger partial charge >= 0.3 is 0 Å². The molecule has 2 saturated heterocycles. The molecule has 0 amide bonds. The molecule has 14 nitrogen and oxygen atoms in total. The molecule has 224 valence electrons. The zero-order valence-corrected chi connectivity index (χ0v) is 24.1. The largest absolute Gasteiger partial charge is 0.494 e. The summed E-state index contributed by atoms with van der Waals surface area (Å²) < 4.78 is 36.6. The van der Waals surface area contributed by atoms with E-state index in [4.69, 9.17) is 39.9 Å². The molecule has 2 atom stereocenters. The third-order valence-corrected chi connectivity index (χ3v) is 7.11. The highest BCUT2D eigenvalue weighted by molar-refractivity contribution is 5.61. The lowest BCUT2D eigenvalue weighted by atomic mass is 10.2. The Morgan fingerprint density at radius 1 is 0.619 bits per heavy atom. The highest BCUT2D eigenvalue weighted by Gasteiger charge is 2.29. The predicted molar refractivity (Wildman–Crippen MR) is 154 cm³/mol. The molecule has 6 rings (SSSR count). The molecule has 2 aliphatic rings. The minimum absolute atomic E-state index is 0.107. The smallest absolute Gasteiger partial charge is 0.226 e. The molecule has 2 aromatic heterocycles. The quantitative estimate of drug-likeness (QED) is 0.312. The number of nitrogens with two attached hydrogens (primary N) is 2. The lowest BCUT2D eigenvalue weighted by Crippen LogP contribution is -2.11. The first-order valence-corrected chi connectivity index (χ1v) is 13.6. The van der Waals surface area contributed by atoms with Gasteiger partial charge in [-0.05, 0) is 49.9 Å². The zero-order chi connectivity index (χ0) is 29.6. The second-order valence-electron chi connectivity index (χ2n) is 9.53. The predicted octanol–water partition coefficient (Wildman–Crippen LogP) is 3.44. The third kappa shape index (κ3) is 5.50. The Labute approximate surface area is 243 Å². The highest BCUT2D eigenvalue weighted by Crippen LogP contribution is 2.39. The van der Waals surface area contributed by atoms with Gasteiger partial charge in [0.15, 0.2) is 11.6 Å². The van der Waals surface area contributed by atoms with Crippen LogP contribution in [0.25, 0.3) is 11.4 Å². The standard InChI is InChI=1S/2C14H18N4O3/c2*1-19-9-5-3-6-10(20-2)12(9)18-13(16-17-14(18)15)11-7-4-8-21-11/h2*3,5-6,11H,4,7-8H2,1-2H3,(H2,15,17)/t2*11-/m10/s1. The summed E-state index contributed by atoms with van der Waals surface area (Å²) in [5.41, 5.74) is 13.4. The van der Waals surface area contributed by atoms with Crippen LogP contribution in [0.4, 0.5) is 11.9 Å². The van der Waals surface area contributed by atoms with Crippen molar-refractivity contribution in [3.05, 3.63) is 48.0 Å². The van der Waals surface area contributed by atoms with Crippen molar-refractivity contribution in [2.24, 2.45) is 0 Å². The van der Waals surface area contributed by atoms with Gasteiger partial charge in [-0.1, -0.05) is 12.1 Å². The van der Waals surface area contributed by atoms with Crippen LogP contribution < -0.4 is 30.4 Å². The fourth-order valence-corrected chi connectivity index (χ4v) is 5.16. The molecule has 0 radical (unpaired) electrons. The fourth-order valence-electron chi connectivity index (χ4n) is 5.16. The maximum absolute atomic E-state index is 6.01. The van der Waals surface area contributed by atoms with E-state index in [1.807, 2.05) is 36.4 Å². The summed E-state index contributed by atoms with van der Waals surface area (Å²) in [6.07, 6.45) is 3.58. The molecular formula is C28H36N8O6. The number of ether oxygens (including phenoxy) is 6. The van der Waals surface area contributed by atoms with E-state index in [2.05, 4.69) is 20.4 Å². The molecule has 0 bridgehead atoms. The maximum atomic E-state index is 6.01. The van der Waals surface area contributed by atoms with Gasteiger partial charge < -0.3 is 39.9 Å². The average molecular weight is 581 g/mol. The SMILES string of the molecule is COc1cccc(OC)c1-n1c(N)nnc1[C@@H]1CCCO1.COc1cccc(OC)c1-n1c(N)nnc1[C@H]1CCCO1. The molecule has 2 aromatic carbocycles. The van der Waals surface area contributed by atoms with Crippen molar-refractivity contribution in [2.45, 2.75) is 37.9 Å². The van der Waals surface area contributed by atoms with Crippen LogP contribution in [0.1, 0.15) is 49.5 Å². The van der Waals surface area contributed by atoms with E-state index >= 15 is 0 Å². The number of nitrogens with zero attached hydrogens (tertiary/aromatic N) is 6. The second-order valence-corrected chi connectivity index (χ2v) is 9.53. The van der Waals surface area contributed by atoms with E-state index in [9.17, 15) is 0 Å². The van der Waals surface area contributed by atoms with Gasteiger partial charge in [0.1, 0.15) is 46.6 Å². The van der Waals surface area contributed by atoms with Gasteiger partial charge in [-0.25, -0.2) is 0 Å². The van der Waals surface area contributed by atoms with E-state index in [0.29, 0.717) is 46.0 Å². The Bertz CT molecular complexity index is 1340. The summed E-state index contributed by atoms with van der Waals surface area (Å²) in [5, 5.41) is 16.3. The maximum Gasteiger partial charge on any atom is 0.226 e. The molecule has 0 spiro atoms. The lowest BCUT2D eigenvalue weighted by Gasteiger charge is -2.17. The minimum atomic E-state index is -0.107. The van der Waals surface area contributed by atoms with Crippen LogP contribution in [-0.4, -0.2) is 71.2 Å². The lowest BCUT2D eigenvalue weighted by molar-refractivity contribution is 0.103. The molecule has 0 saturated carbocycles. The van der Waals surface area contributed by atoms with Gasteiger partial charge in [0.25, 0.3) is 0 Å². The number of anilines is 2. The Morgan fingerprint density at radius 3 is 1.26 bits per heavy atom. The van der Waals surface area contributed by atoms with Crippen molar-refractivity contribution in [1.29, 1.82) is 0 Å². The highest BCUT2D eigenvalue weighted by atomic mass is 16.5. The molecule has 4 heterocycles. The Hall–Kier alpha value is -4.56. The first-order chi connectivity index (χ1) is 20.5. The summed E-state index contributed by atoms with van der Waals surface area (Å²) in [7, 11) is 6.41. The van der Waals surface area contributed by atoms with Gasteiger partial charge in [0.05, 0.1) is 28.4 Å². The van der Waals surface area contributed by atoms with Gasteiger partial charge in [-0.15, -0.1) is 20.4 Å². The van der Waals surface area contributed by atoms with Crippen LogP contribution in [0.15, 0.2) is 36.4 Å². The molecule has 2 aliphatic heterocycles. The first kappa shape index (κ1) is 29.0. The minimum Gasteiger partial charge on any atom is -0.494 e. The molecule has 4 N–H and O–H groups in total. The van der Waals surface area contributed by atoms with Crippen LogP contribution in [0.3, 0.4) is 0 Å². The van der Waals surface area contributed by atoms with Gasteiger partial charge in [0, 0.05) is 13.2 Å². The number of methoxy groups -OCH3 is 4. The Balaban J connectivity index is 0.000000168. The molecule has 0 aliphatic carbocycles. The number of hydrogen-bond donors (Lipinski definition) is 2. The molecule has 14 heteroatoms. The van der Waals surface area contributed by atoms with E-state index in [-0.39, 0.29) is 24.1 Å². The number of rotatable bonds is 8. The van der Waals surface area contributed by atoms with E-state index in [1.165, 1.54) is 0 Å². The number of benzene rings is 2. The van der Waals surface area contributed by atoms with Crippen molar-refractivity contribution in [3.63, 3.8) is 0 Å². The molecule has 4 aromatic rings. The van der Waals surface area contributed by atoms with Crippen LogP contribution in [-0.2, 0) is 9.47 Å². The Morgan fingerprint density at radius 2 is 0.976 bits per heavy atom. The zero-order valence-electron chi connectivity index (χ0n) is 24.1. The average Bonchev–Trinajstić information content (AvgIpc) is 3.84. The van der Waals surface area contributed by atoms with Crippen LogP contribution >= 0.6 is 0 Å². The summed E-state index contributed by atoms with van der Waals surface area (Å²) in [6.45, 7) is 1.45. The number of para-hydroxylation sites is 2. The van der Waals surface area contributed by atoms with Crippen LogP contribution in [0.5, 0.6) is 23.0 Å². The van der Waals surface area contributed by atoms with E-state index < -0.39 is 0 Å². The first-order valence-electron chi connectivity index (χ1n) is 13.6. The molecule has 42 heavy (non-hydrogen) atoms. The van der Waals surface area contributed by atoms with Crippen molar-refractivity contribution in [2.75, 3.05) is 53.1 Å². The summed E-state index contributed by atoms with van der Waals surface area (Å²) in [6, 6.07) is 11.1. The van der Waals surface area contributed by atoms with Crippen LogP contribution in [0.2, 0.25) is 0 Å². The summed E-state index contributed by atoms with van der Waals surface area (Å²) >= 11 is 0. The monoisotopic (exact) mass is 580 g/mol. The van der Waals surface area contributed by atoms with E-state index in [1.54, 1.807) is 37.6 Å². The van der Waals surface area contributed by atoms with Crippen molar-refractivity contribution in [1.82, 2.24) is 29.5 Å². The Kier molecular flexibility index (Phi) is 8.93. The molecular weight excluding hydrogens is 544 g/mol. The van der Waals surface area contributed by atoms with Gasteiger partial charge in [-0.2, -0.15) is 0 Å². The van der Waals surface area contributed by atoms with Crippen molar-refractivity contribution in [3.8, 4) is 34.4 Å². The summed E-state index contributed by atoms with van der Waals surface area (Å²) in [5.74, 6) is 4.47. The van der Waals surface area contributed by atoms with Crippen molar-refractivity contribution >= 4 is 11.9 Å². The molecule has 0 unspecified atom stereocenters.